The van der Waals surface area contributed by atoms with Crippen LogP contribution >= 0.6 is 11.3 Å². The minimum absolute atomic E-state index is 0.953. The fraction of sp³-hybridized carbons (Fsp3) is 0. The lowest BCUT2D eigenvalue weighted by atomic mass is 10.0. The molecule has 0 atom stereocenters. The maximum Gasteiger partial charge on any atom is 0.0575 e. The third kappa shape index (κ3) is 3.58. The van der Waals surface area contributed by atoms with Crippen LogP contribution in [0.5, 0.6) is 0 Å². The van der Waals surface area contributed by atoms with Crippen molar-refractivity contribution in [2.45, 2.75) is 0 Å². The Labute approximate surface area is 197 Å². The molecule has 0 saturated carbocycles. The molecule has 2 N–H and O–H groups in total. The Hall–Kier alpha value is -3.92. The average Bonchev–Trinajstić information content (AvgIpc) is 3.28. The Morgan fingerprint density at radius 3 is 1.79 bits per heavy atom. The molecule has 0 radical (unpaired) electrons. The van der Waals surface area contributed by atoms with Crippen molar-refractivity contribution >= 4 is 42.9 Å². The van der Waals surface area contributed by atoms with Gasteiger partial charge in [-0.2, -0.15) is 0 Å². The van der Waals surface area contributed by atoms with Gasteiger partial charge in [-0.15, -0.1) is 11.3 Å². The molecule has 0 bridgehead atoms. The molecule has 0 aliphatic heterocycles. The lowest BCUT2D eigenvalue weighted by Gasteiger charge is -2.19. The van der Waals surface area contributed by atoms with Crippen LogP contribution in [0.2, 0.25) is 0 Å². The Morgan fingerprint density at radius 1 is 0.485 bits per heavy atom. The highest BCUT2D eigenvalue weighted by Gasteiger charge is 2.11. The van der Waals surface area contributed by atoms with Gasteiger partial charge in [0.25, 0.3) is 0 Å². The maximum absolute atomic E-state index is 6.47. The molecule has 33 heavy (non-hydrogen) atoms. The fourth-order valence-electron chi connectivity index (χ4n) is 4.37. The lowest BCUT2D eigenvalue weighted by Crippen LogP contribution is -2.24. The van der Waals surface area contributed by atoms with E-state index < -0.39 is 0 Å². The van der Waals surface area contributed by atoms with E-state index >= 15 is 0 Å². The summed E-state index contributed by atoms with van der Waals surface area (Å²) in [5.74, 6) is 6.47. The van der Waals surface area contributed by atoms with Crippen molar-refractivity contribution in [1.82, 2.24) is 0 Å². The number of nitrogens with zero attached hydrogens (tertiary/aromatic N) is 1. The zero-order valence-corrected chi connectivity index (χ0v) is 18.8. The van der Waals surface area contributed by atoms with E-state index in [1.165, 1.54) is 42.4 Å². The quantitative estimate of drug-likeness (QED) is 0.219. The van der Waals surface area contributed by atoms with Gasteiger partial charge >= 0.3 is 0 Å². The molecule has 0 amide bonds. The topological polar surface area (TPSA) is 29.3 Å². The Kier molecular flexibility index (Phi) is 4.91. The molecule has 158 valence electrons. The van der Waals surface area contributed by atoms with Gasteiger partial charge < -0.3 is 0 Å². The first-order valence-electron chi connectivity index (χ1n) is 11.0. The van der Waals surface area contributed by atoms with Crippen molar-refractivity contribution in [3.05, 3.63) is 121 Å². The SMILES string of the molecule is NN(c1ccc(-c2ccccc2)cc1)c1ccc(-c2cccc3c2sc2ccccc23)cc1. The van der Waals surface area contributed by atoms with Crippen LogP contribution in [0.4, 0.5) is 11.4 Å². The number of benzene rings is 5. The van der Waals surface area contributed by atoms with Crippen molar-refractivity contribution < 1.29 is 0 Å². The predicted octanol–water partition coefficient (Wildman–Crippen LogP) is 8.40. The highest BCUT2D eigenvalue weighted by atomic mass is 32.1. The first kappa shape index (κ1) is 19.7. The van der Waals surface area contributed by atoms with Crippen LogP contribution in [0.1, 0.15) is 0 Å². The van der Waals surface area contributed by atoms with Gasteiger partial charge in [0.1, 0.15) is 0 Å². The Morgan fingerprint density at radius 2 is 1.06 bits per heavy atom. The van der Waals surface area contributed by atoms with Gasteiger partial charge in [-0.25, -0.2) is 5.84 Å². The van der Waals surface area contributed by atoms with Crippen LogP contribution in [0.3, 0.4) is 0 Å². The van der Waals surface area contributed by atoms with Crippen molar-refractivity contribution in [1.29, 1.82) is 0 Å². The van der Waals surface area contributed by atoms with Gasteiger partial charge in [-0.1, -0.05) is 91.0 Å². The third-order valence-corrected chi connectivity index (χ3v) is 7.33. The van der Waals surface area contributed by atoms with E-state index in [-0.39, 0.29) is 0 Å². The molecule has 5 aromatic carbocycles. The highest BCUT2D eigenvalue weighted by molar-refractivity contribution is 7.26. The number of hydrazine groups is 1. The average molecular weight is 443 g/mol. The largest absolute Gasteiger partial charge is 0.280 e. The van der Waals surface area contributed by atoms with Gasteiger partial charge in [-0.3, -0.25) is 5.01 Å². The summed E-state index contributed by atoms with van der Waals surface area (Å²) in [4.78, 5) is 0. The molecule has 0 saturated heterocycles. The predicted molar refractivity (Wildman–Crippen MR) is 143 cm³/mol. The lowest BCUT2D eigenvalue weighted by molar-refractivity contribution is 1.09. The highest BCUT2D eigenvalue weighted by Crippen LogP contribution is 2.40. The summed E-state index contributed by atoms with van der Waals surface area (Å²) in [7, 11) is 0. The number of fused-ring (bicyclic) bond motifs is 3. The van der Waals surface area contributed by atoms with Crippen molar-refractivity contribution in [3.63, 3.8) is 0 Å². The molecule has 0 fully saturated rings. The number of rotatable bonds is 4. The van der Waals surface area contributed by atoms with Gasteiger partial charge in [0.05, 0.1) is 11.4 Å². The zero-order chi connectivity index (χ0) is 22.2. The van der Waals surface area contributed by atoms with E-state index in [1.54, 1.807) is 5.01 Å². The summed E-state index contributed by atoms with van der Waals surface area (Å²) in [6, 6.07) is 42.4. The van der Waals surface area contributed by atoms with Crippen LogP contribution in [0.25, 0.3) is 42.4 Å². The third-order valence-electron chi connectivity index (χ3n) is 6.11. The summed E-state index contributed by atoms with van der Waals surface area (Å²) in [6.45, 7) is 0. The molecule has 1 heterocycles. The van der Waals surface area contributed by atoms with Crippen molar-refractivity contribution in [2.24, 2.45) is 5.84 Å². The van der Waals surface area contributed by atoms with Gasteiger partial charge in [0, 0.05) is 20.2 Å². The Bertz CT molecular complexity index is 1550. The zero-order valence-electron chi connectivity index (χ0n) is 18.0. The van der Waals surface area contributed by atoms with Crippen LogP contribution in [0.15, 0.2) is 121 Å². The molecule has 0 unspecified atom stereocenters. The number of thiophene rings is 1. The van der Waals surface area contributed by atoms with E-state index in [1.807, 2.05) is 17.4 Å². The molecular weight excluding hydrogens is 420 g/mol. The second-order valence-corrected chi connectivity index (χ2v) is 9.16. The van der Waals surface area contributed by atoms with Crippen LogP contribution in [-0.2, 0) is 0 Å². The second kappa shape index (κ2) is 8.21. The van der Waals surface area contributed by atoms with Crippen LogP contribution < -0.4 is 10.9 Å². The number of nitrogens with two attached hydrogens (primary N) is 1. The van der Waals surface area contributed by atoms with E-state index in [2.05, 4.69) is 115 Å². The van der Waals surface area contributed by atoms with E-state index in [0.717, 1.165) is 11.4 Å². The summed E-state index contributed by atoms with van der Waals surface area (Å²) < 4.78 is 2.65. The van der Waals surface area contributed by atoms with Gasteiger partial charge in [0.2, 0.25) is 0 Å². The summed E-state index contributed by atoms with van der Waals surface area (Å²) in [5, 5.41) is 4.37. The summed E-state index contributed by atoms with van der Waals surface area (Å²) >= 11 is 1.85. The summed E-state index contributed by atoms with van der Waals surface area (Å²) in [6.07, 6.45) is 0. The molecule has 6 rings (SSSR count). The van der Waals surface area contributed by atoms with E-state index in [4.69, 9.17) is 5.84 Å². The Balaban J connectivity index is 1.30. The molecule has 0 aliphatic rings. The molecule has 1 aromatic heterocycles. The molecular formula is C30H22N2S. The van der Waals surface area contributed by atoms with Crippen molar-refractivity contribution in [3.8, 4) is 22.3 Å². The normalized spacial score (nSPS) is 11.2. The monoisotopic (exact) mass is 442 g/mol. The second-order valence-electron chi connectivity index (χ2n) is 8.11. The molecule has 0 aliphatic carbocycles. The number of hydrogen-bond donors (Lipinski definition) is 1. The number of anilines is 2. The van der Waals surface area contributed by atoms with Crippen LogP contribution in [-0.4, -0.2) is 0 Å². The summed E-state index contributed by atoms with van der Waals surface area (Å²) in [5.41, 5.74) is 6.75. The van der Waals surface area contributed by atoms with E-state index in [0.29, 0.717) is 0 Å². The number of hydrogen-bond acceptors (Lipinski definition) is 3. The first-order chi connectivity index (χ1) is 16.3. The van der Waals surface area contributed by atoms with Gasteiger partial charge in [0.15, 0.2) is 0 Å². The molecule has 6 aromatic rings. The smallest absolute Gasteiger partial charge is 0.0575 e. The minimum atomic E-state index is 0.953. The first-order valence-corrected chi connectivity index (χ1v) is 11.8. The molecule has 0 spiro atoms. The molecule has 3 heteroatoms. The molecule has 2 nitrogen and oxygen atoms in total. The van der Waals surface area contributed by atoms with Crippen LogP contribution in [0, 0.1) is 0 Å². The van der Waals surface area contributed by atoms with E-state index in [9.17, 15) is 0 Å². The maximum atomic E-state index is 6.47. The standard InChI is InChI=1S/C30H22N2S/c31-32(24-17-13-22(14-18-24)21-7-2-1-3-8-21)25-19-15-23(16-20-25)26-10-6-11-28-27-9-4-5-12-29(27)33-30(26)28/h1-20H,31H2. The van der Waals surface area contributed by atoms with Crippen molar-refractivity contribution in [2.75, 3.05) is 5.01 Å². The van der Waals surface area contributed by atoms with Gasteiger partial charge in [-0.05, 0) is 52.6 Å². The minimum Gasteiger partial charge on any atom is -0.280 e. The fourth-order valence-corrected chi connectivity index (χ4v) is 5.61.